The second-order valence-electron chi connectivity index (χ2n) is 5.55. The van der Waals surface area contributed by atoms with E-state index in [1.807, 2.05) is 0 Å². The van der Waals surface area contributed by atoms with Gasteiger partial charge in [0.15, 0.2) is 0 Å². The van der Waals surface area contributed by atoms with Crippen LogP contribution in [0.4, 0.5) is 4.39 Å². The van der Waals surface area contributed by atoms with E-state index in [2.05, 4.69) is 20.0 Å². The Kier molecular flexibility index (Phi) is 4.48. The highest BCUT2D eigenvalue weighted by Crippen LogP contribution is 2.28. The summed E-state index contributed by atoms with van der Waals surface area (Å²) in [6, 6.07) is 5.50. The molecule has 2 unspecified atom stereocenters. The molecule has 2 heterocycles. The maximum atomic E-state index is 13.0. The molecule has 0 bridgehead atoms. The third kappa shape index (κ3) is 3.33. The molecule has 2 aromatic rings. The number of nitroso groups, excluding NO2 is 1. The Morgan fingerprint density at radius 3 is 2.82 bits per heavy atom. The van der Waals surface area contributed by atoms with E-state index in [4.69, 9.17) is 0 Å². The molecule has 0 aliphatic carbocycles. The maximum Gasteiger partial charge on any atom is 0.129 e. The van der Waals surface area contributed by atoms with Gasteiger partial charge in [-0.25, -0.2) is 4.39 Å². The Labute approximate surface area is 128 Å². The summed E-state index contributed by atoms with van der Waals surface area (Å²) in [4.78, 5) is 21.8. The zero-order valence-corrected chi connectivity index (χ0v) is 12.1. The molecule has 1 aromatic heterocycles. The number of rotatable bonds is 5. The molecule has 1 fully saturated rings. The van der Waals surface area contributed by atoms with E-state index in [9.17, 15) is 9.30 Å². The first-order valence-corrected chi connectivity index (χ1v) is 7.32. The SMILES string of the molecule is O=NC(CN1CCC(c2cnccn2)C1)c1ccc(F)cc1. The third-order valence-electron chi connectivity index (χ3n) is 4.09. The first kappa shape index (κ1) is 14.7. The van der Waals surface area contributed by atoms with Crippen molar-refractivity contribution in [1.82, 2.24) is 14.9 Å². The second-order valence-corrected chi connectivity index (χ2v) is 5.55. The number of hydrogen-bond donors (Lipinski definition) is 0. The van der Waals surface area contributed by atoms with Gasteiger partial charge in [0.1, 0.15) is 11.9 Å². The fraction of sp³-hybridized carbons (Fsp3) is 0.375. The molecule has 5 nitrogen and oxygen atoms in total. The van der Waals surface area contributed by atoms with Gasteiger partial charge in [0, 0.05) is 37.6 Å². The molecule has 0 radical (unpaired) electrons. The molecule has 3 rings (SSSR count). The summed E-state index contributed by atoms with van der Waals surface area (Å²) in [7, 11) is 0. The summed E-state index contributed by atoms with van der Waals surface area (Å²) in [5, 5.41) is 3.21. The molecule has 1 aliphatic rings. The summed E-state index contributed by atoms with van der Waals surface area (Å²) in [6.07, 6.45) is 6.15. The lowest BCUT2D eigenvalue weighted by Gasteiger charge is -2.19. The predicted molar refractivity (Wildman–Crippen MR) is 80.8 cm³/mol. The Bertz CT molecular complexity index is 620. The minimum absolute atomic E-state index is 0.308. The smallest absolute Gasteiger partial charge is 0.129 e. The van der Waals surface area contributed by atoms with E-state index in [0.717, 1.165) is 30.8 Å². The highest BCUT2D eigenvalue weighted by atomic mass is 19.1. The average molecular weight is 300 g/mol. The van der Waals surface area contributed by atoms with Gasteiger partial charge < -0.3 is 4.90 Å². The number of benzene rings is 1. The van der Waals surface area contributed by atoms with E-state index in [-0.39, 0.29) is 5.82 Å². The lowest BCUT2D eigenvalue weighted by molar-refractivity contribution is 0.311. The monoisotopic (exact) mass is 300 g/mol. The summed E-state index contributed by atoms with van der Waals surface area (Å²) < 4.78 is 13.0. The van der Waals surface area contributed by atoms with Gasteiger partial charge >= 0.3 is 0 Å². The predicted octanol–water partition coefficient (Wildman–Crippen LogP) is 2.91. The molecule has 0 saturated carbocycles. The van der Waals surface area contributed by atoms with Gasteiger partial charge in [-0.05, 0) is 30.7 Å². The fourth-order valence-electron chi connectivity index (χ4n) is 2.89. The summed E-state index contributed by atoms with van der Waals surface area (Å²) >= 11 is 0. The largest absolute Gasteiger partial charge is 0.300 e. The van der Waals surface area contributed by atoms with Crippen LogP contribution in [0.5, 0.6) is 0 Å². The van der Waals surface area contributed by atoms with Gasteiger partial charge in [-0.1, -0.05) is 17.3 Å². The molecule has 114 valence electrons. The van der Waals surface area contributed by atoms with E-state index < -0.39 is 6.04 Å². The normalized spacial score (nSPS) is 20.0. The molecule has 0 spiro atoms. The molecule has 0 N–H and O–H groups in total. The lowest BCUT2D eigenvalue weighted by Crippen LogP contribution is -2.25. The van der Waals surface area contributed by atoms with Crippen molar-refractivity contribution >= 4 is 0 Å². The first-order valence-electron chi connectivity index (χ1n) is 7.32. The molecule has 0 amide bonds. The number of nitrogens with zero attached hydrogens (tertiary/aromatic N) is 4. The number of halogens is 1. The molecule has 1 aliphatic heterocycles. The van der Waals surface area contributed by atoms with E-state index in [1.54, 1.807) is 30.7 Å². The van der Waals surface area contributed by atoms with Crippen molar-refractivity contribution in [2.24, 2.45) is 5.18 Å². The van der Waals surface area contributed by atoms with Crippen LogP contribution >= 0.6 is 0 Å². The topological polar surface area (TPSA) is 58.5 Å². The molecule has 2 atom stereocenters. The lowest BCUT2D eigenvalue weighted by atomic mass is 10.1. The molecule has 22 heavy (non-hydrogen) atoms. The van der Waals surface area contributed by atoms with Gasteiger partial charge in [0.25, 0.3) is 0 Å². The summed E-state index contributed by atoms with van der Waals surface area (Å²) in [6.45, 7) is 2.28. The van der Waals surface area contributed by atoms with Crippen LogP contribution in [-0.2, 0) is 0 Å². The van der Waals surface area contributed by atoms with Gasteiger partial charge in [-0.15, -0.1) is 0 Å². The zero-order valence-electron chi connectivity index (χ0n) is 12.1. The quantitative estimate of drug-likeness (QED) is 0.797. The minimum atomic E-state index is -0.471. The highest BCUT2D eigenvalue weighted by Gasteiger charge is 2.27. The van der Waals surface area contributed by atoms with Crippen LogP contribution in [0.3, 0.4) is 0 Å². The van der Waals surface area contributed by atoms with Crippen molar-refractivity contribution in [2.45, 2.75) is 18.4 Å². The van der Waals surface area contributed by atoms with Gasteiger partial charge in [0.2, 0.25) is 0 Å². The third-order valence-corrected chi connectivity index (χ3v) is 4.09. The number of hydrogen-bond acceptors (Lipinski definition) is 5. The van der Waals surface area contributed by atoms with Crippen molar-refractivity contribution < 1.29 is 4.39 Å². The van der Waals surface area contributed by atoms with Crippen LogP contribution in [0.1, 0.15) is 29.6 Å². The number of likely N-dealkylation sites (tertiary alicyclic amines) is 1. The summed E-state index contributed by atoms with van der Waals surface area (Å²) in [5.74, 6) is 0.0338. The van der Waals surface area contributed by atoms with Crippen molar-refractivity contribution in [3.63, 3.8) is 0 Å². The minimum Gasteiger partial charge on any atom is -0.300 e. The van der Waals surface area contributed by atoms with Crippen molar-refractivity contribution in [3.8, 4) is 0 Å². The molecule has 6 heteroatoms. The second kappa shape index (κ2) is 6.70. The van der Waals surface area contributed by atoms with E-state index in [0.29, 0.717) is 12.5 Å². The molecule has 1 saturated heterocycles. The Hall–Kier alpha value is -2.21. The van der Waals surface area contributed by atoms with Crippen LogP contribution < -0.4 is 0 Å². The summed E-state index contributed by atoms with van der Waals surface area (Å²) in [5.41, 5.74) is 1.74. The van der Waals surface area contributed by atoms with Crippen molar-refractivity contribution in [2.75, 3.05) is 19.6 Å². The van der Waals surface area contributed by atoms with Crippen LogP contribution in [0.15, 0.2) is 48.0 Å². The van der Waals surface area contributed by atoms with Crippen molar-refractivity contribution in [1.29, 1.82) is 0 Å². The van der Waals surface area contributed by atoms with Crippen LogP contribution in [0.2, 0.25) is 0 Å². The van der Waals surface area contributed by atoms with Gasteiger partial charge in [-0.3, -0.25) is 9.97 Å². The van der Waals surface area contributed by atoms with E-state index in [1.165, 1.54) is 12.1 Å². The maximum absolute atomic E-state index is 13.0. The fourth-order valence-corrected chi connectivity index (χ4v) is 2.89. The van der Waals surface area contributed by atoms with Crippen molar-refractivity contribution in [3.05, 3.63) is 64.8 Å². The Balaban J connectivity index is 1.63. The molecular weight excluding hydrogens is 283 g/mol. The zero-order chi connectivity index (χ0) is 15.4. The van der Waals surface area contributed by atoms with Gasteiger partial charge in [0.05, 0.1) is 5.69 Å². The van der Waals surface area contributed by atoms with Crippen LogP contribution in [-0.4, -0.2) is 34.5 Å². The van der Waals surface area contributed by atoms with Gasteiger partial charge in [-0.2, -0.15) is 4.91 Å². The van der Waals surface area contributed by atoms with E-state index >= 15 is 0 Å². The Morgan fingerprint density at radius 2 is 2.14 bits per heavy atom. The molecular formula is C16H17FN4O. The Morgan fingerprint density at radius 1 is 1.32 bits per heavy atom. The van der Waals surface area contributed by atoms with Crippen LogP contribution in [0, 0.1) is 10.7 Å². The standard InChI is InChI=1S/C16H17FN4O/c17-14-3-1-12(2-4-14)16(20-22)11-21-8-5-13(10-21)15-9-18-6-7-19-15/h1-4,6-7,9,13,16H,5,8,10-11H2. The van der Waals surface area contributed by atoms with Crippen LogP contribution in [0.25, 0.3) is 0 Å². The average Bonchev–Trinajstić information content (AvgIpc) is 3.03. The number of aromatic nitrogens is 2. The first-order chi connectivity index (χ1) is 10.8. The molecule has 1 aromatic carbocycles. The highest BCUT2D eigenvalue weighted by molar-refractivity contribution is 5.20.